The fourth-order valence-corrected chi connectivity index (χ4v) is 5.18. The number of aromatic nitrogens is 4. The molecule has 8 nitrogen and oxygen atoms in total. The Hall–Kier alpha value is -3.36. The van der Waals surface area contributed by atoms with Crippen molar-refractivity contribution in [1.82, 2.24) is 34.9 Å². The molecule has 0 aliphatic carbocycles. The van der Waals surface area contributed by atoms with E-state index in [-0.39, 0.29) is 11.9 Å². The van der Waals surface area contributed by atoms with Crippen molar-refractivity contribution in [2.45, 2.75) is 31.8 Å². The van der Waals surface area contributed by atoms with Gasteiger partial charge in [0, 0.05) is 58.8 Å². The third-order valence-corrected chi connectivity index (χ3v) is 7.13. The van der Waals surface area contributed by atoms with Crippen LogP contribution >= 0.6 is 0 Å². The molecule has 0 unspecified atom stereocenters. The molecule has 0 N–H and O–H groups in total. The maximum Gasteiger partial charge on any atom is 0.222 e. The lowest BCUT2D eigenvalue weighted by Crippen LogP contribution is -2.48. The van der Waals surface area contributed by atoms with Crippen LogP contribution in [0.15, 0.2) is 66.7 Å². The van der Waals surface area contributed by atoms with Gasteiger partial charge >= 0.3 is 0 Å². The largest absolute Gasteiger partial charge is 0.343 e. The molecule has 5 rings (SSSR count). The Morgan fingerprint density at radius 3 is 2.36 bits per heavy atom. The zero-order valence-corrected chi connectivity index (χ0v) is 20.8. The topological polar surface area (TPSA) is 70.4 Å². The monoisotopic (exact) mass is 485 g/mol. The molecule has 2 fully saturated rings. The summed E-state index contributed by atoms with van der Waals surface area (Å²) in [6.07, 6.45) is 6.96. The van der Waals surface area contributed by atoms with Gasteiger partial charge in [0.1, 0.15) is 0 Å². The summed E-state index contributed by atoms with van der Waals surface area (Å²) >= 11 is 0. The number of benzene rings is 2. The highest BCUT2D eigenvalue weighted by Gasteiger charge is 2.30. The van der Waals surface area contributed by atoms with Crippen molar-refractivity contribution in [3.05, 3.63) is 83.7 Å². The van der Waals surface area contributed by atoms with E-state index in [0.29, 0.717) is 13.0 Å². The minimum absolute atomic E-state index is 0.0108. The molecule has 36 heavy (non-hydrogen) atoms. The van der Waals surface area contributed by atoms with Crippen LogP contribution in [0.25, 0.3) is 6.08 Å². The number of rotatable bonds is 10. The van der Waals surface area contributed by atoms with E-state index >= 15 is 0 Å². The summed E-state index contributed by atoms with van der Waals surface area (Å²) in [4.78, 5) is 18.9. The Morgan fingerprint density at radius 2 is 1.64 bits per heavy atom. The number of likely N-dealkylation sites (tertiary alicyclic amines) is 1. The first-order valence-corrected chi connectivity index (χ1v) is 13.0. The van der Waals surface area contributed by atoms with Crippen LogP contribution in [0.5, 0.6) is 0 Å². The first kappa shape index (κ1) is 24.3. The van der Waals surface area contributed by atoms with Crippen molar-refractivity contribution >= 4 is 12.0 Å². The second-order valence-corrected chi connectivity index (χ2v) is 9.56. The summed E-state index contributed by atoms with van der Waals surface area (Å²) in [7, 11) is 0. The van der Waals surface area contributed by atoms with E-state index in [1.807, 2.05) is 21.7 Å². The van der Waals surface area contributed by atoms with Gasteiger partial charge in [0.25, 0.3) is 0 Å². The first-order valence-electron chi connectivity index (χ1n) is 13.0. The van der Waals surface area contributed by atoms with Gasteiger partial charge in [-0.05, 0) is 34.4 Å². The number of hydrogen-bond acceptors (Lipinski definition) is 6. The fraction of sp³-hybridized carbons (Fsp3) is 0.429. The minimum Gasteiger partial charge on any atom is -0.343 e. The van der Waals surface area contributed by atoms with E-state index in [4.69, 9.17) is 0 Å². The molecule has 188 valence electrons. The van der Waals surface area contributed by atoms with Crippen LogP contribution in [0.1, 0.15) is 42.3 Å². The Kier molecular flexibility index (Phi) is 8.15. The van der Waals surface area contributed by atoms with Gasteiger partial charge in [-0.3, -0.25) is 14.6 Å². The smallest absolute Gasteiger partial charge is 0.222 e. The van der Waals surface area contributed by atoms with Crippen LogP contribution in [-0.2, 0) is 11.3 Å². The molecule has 0 radical (unpaired) electrons. The highest BCUT2D eigenvalue weighted by atomic mass is 16.2. The van der Waals surface area contributed by atoms with Gasteiger partial charge in [-0.15, -0.1) is 5.10 Å². The Bertz CT molecular complexity index is 1120. The van der Waals surface area contributed by atoms with E-state index in [1.54, 1.807) is 0 Å². The molecule has 1 atom stereocenters. The Morgan fingerprint density at radius 1 is 0.889 bits per heavy atom. The van der Waals surface area contributed by atoms with E-state index in [1.165, 1.54) is 11.1 Å². The molecule has 1 amide bonds. The van der Waals surface area contributed by atoms with Gasteiger partial charge in [0.05, 0.1) is 6.04 Å². The average Bonchev–Trinajstić information content (AvgIpc) is 3.55. The Balaban J connectivity index is 1.23. The number of piperazine rings is 1. The van der Waals surface area contributed by atoms with Crippen molar-refractivity contribution in [3.8, 4) is 0 Å². The number of amides is 1. The SMILES string of the molecule is O=C1CCCN1CCCn1nnnc1[C@H](c1ccccc1)N1CCN(C/C=C/c2ccccc2)CC1. The summed E-state index contributed by atoms with van der Waals surface area (Å²) in [6.45, 7) is 7.21. The third-order valence-electron chi connectivity index (χ3n) is 7.13. The zero-order valence-electron chi connectivity index (χ0n) is 20.8. The molecular weight excluding hydrogens is 450 g/mol. The Labute approximate surface area is 213 Å². The third kappa shape index (κ3) is 6.06. The average molecular weight is 486 g/mol. The van der Waals surface area contributed by atoms with E-state index < -0.39 is 0 Å². The highest BCUT2D eigenvalue weighted by molar-refractivity contribution is 5.77. The second kappa shape index (κ2) is 12.1. The second-order valence-electron chi connectivity index (χ2n) is 9.56. The standard InChI is InChI=1S/C28H35N7O/c36-26-15-8-17-33(26)18-9-19-35-28(29-30-31-35)27(25-13-5-2-6-14-25)34-22-20-32(21-23-34)16-7-12-24-10-3-1-4-11-24/h1-7,10-14,27H,8-9,15-23H2/b12-7+/t27-/m0/s1. The van der Waals surface area contributed by atoms with Gasteiger partial charge in [-0.1, -0.05) is 72.8 Å². The first-order chi connectivity index (χ1) is 17.8. The fourth-order valence-electron chi connectivity index (χ4n) is 5.18. The van der Waals surface area contributed by atoms with E-state index in [0.717, 1.165) is 64.5 Å². The van der Waals surface area contributed by atoms with Crippen molar-refractivity contribution < 1.29 is 4.79 Å². The van der Waals surface area contributed by atoms with Crippen LogP contribution in [0.3, 0.4) is 0 Å². The van der Waals surface area contributed by atoms with Crippen molar-refractivity contribution in [1.29, 1.82) is 0 Å². The molecule has 3 heterocycles. The summed E-state index contributed by atoms with van der Waals surface area (Å²) in [5.41, 5.74) is 2.45. The van der Waals surface area contributed by atoms with Crippen LogP contribution < -0.4 is 0 Å². The minimum atomic E-state index is 0.0108. The predicted molar refractivity (Wildman–Crippen MR) is 140 cm³/mol. The molecule has 0 bridgehead atoms. The molecule has 3 aromatic rings. The predicted octanol–water partition coefficient (Wildman–Crippen LogP) is 3.11. The number of carbonyl (C=O) groups excluding carboxylic acids is 1. The van der Waals surface area contributed by atoms with Gasteiger partial charge in [0.2, 0.25) is 5.91 Å². The number of tetrazole rings is 1. The summed E-state index contributed by atoms with van der Waals surface area (Å²) in [5.74, 6) is 1.15. The summed E-state index contributed by atoms with van der Waals surface area (Å²) in [5, 5.41) is 12.9. The van der Waals surface area contributed by atoms with Gasteiger partial charge in [0.15, 0.2) is 5.82 Å². The lowest BCUT2D eigenvalue weighted by molar-refractivity contribution is -0.127. The molecule has 0 spiro atoms. The van der Waals surface area contributed by atoms with E-state index in [9.17, 15) is 4.79 Å². The van der Waals surface area contributed by atoms with Crippen molar-refractivity contribution in [2.75, 3.05) is 45.8 Å². The zero-order chi connectivity index (χ0) is 24.6. The summed E-state index contributed by atoms with van der Waals surface area (Å²) < 4.78 is 1.94. The molecule has 2 saturated heterocycles. The summed E-state index contributed by atoms with van der Waals surface area (Å²) in [6, 6.07) is 21.0. The maximum absolute atomic E-state index is 12.0. The van der Waals surface area contributed by atoms with Gasteiger partial charge in [-0.2, -0.15) is 0 Å². The number of carbonyl (C=O) groups is 1. The lowest BCUT2D eigenvalue weighted by Gasteiger charge is -2.38. The normalized spacial score (nSPS) is 18.3. The highest BCUT2D eigenvalue weighted by Crippen LogP contribution is 2.28. The lowest BCUT2D eigenvalue weighted by atomic mass is 10.0. The van der Waals surface area contributed by atoms with Crippen molar-refractivity contribution in [2.24, 2.45) is 0 Å². The van der Waals surface area contributed by atoms with Crippen LogP contribution in [0.4, 0.5) is 0 Å². The molecule has 8 heteroatoms. The quantitative estimate of drug-likeness (QED) is 0.440. The van der Waals surface area contributed by atoms with Crippen LogP contribution in [0, 0.1) is 0 Å². The molecule has 1 aromatic heterocycles. The molecular formula is C28H35N7O. The molecule has 2 aliphatic heterocycles. The van der Waals surface area contributed by atoms with Crippen LogP contribution in [-0.4, -0.2) is 86.6 Å². The van der Waals surface area contributed by atoms with E-state index in [2.05, 4.69) is 86.0 Å². The van der Waals surface area contributed by atoms with Gasteiger partial charge < -0.3 is 4.90 Å². The molecule has 0 saturated carbocycles. The number of aryl methyl sites for hydroxylation is 1. The number of nitrogens with zero attached hydrogens (tertiary/aromatic N) is 7. The maximum atomic E-state index is 12.0. The van der Waals surface area contributed by atoms with Crippen molar-refractivity contribution in [3.63, 3.8) is 0 Å². The molecule has 2 aliphatic rings. The van der Waals surface area contributed by atoms with Crippen LogP contribution in [0.2, 0.25) is 0 Å². The van der Waals surface area contributed by atoms with Gasteiger partial charge in [-0.25, -0.2) is 4.68 Å². The molecule has 2 aromatic carbocycles. The number of hydrogen-bond donors (Lipinski definition) is 0.